The van der Waals surface area contributed by atoms with Crippen LogP contribution in [0, 0.1) is 11.8 Å². The minimum atomic E-state index is 0.519. The van der Waals surface area contributed by atoms with Crippen molar-refractivity contribution in [3.8, 4) is 0 Å². The van der Waals surface area contributed by atoms with Gasteiger partial charge in [-0.15, -0.1) is 4.91 Å². The molecular weight excluding hydrogens is 276 g/mol. The summed E-state index contributed by atoms with van der Waals surface area (Å²) in [7, 11) is 0. The normalized spacial score (nSPS) is 11.9. The molecule has 22 heavy (non-hydrogen) atoms. The van der Waals surface area contributed by atoms with Crippen molar-refractivity contribution < 1.29 is 0 Å². The number of allylic oxidation sites excluding steroid dienone is 2. The van der Waals surface area contributed by atoms with E-state index in [4.69, 9.17) is 0 Å². The number of nitrogens with zero attached hydrogens (tertiary/aromatic N) is 2. The van der Waals surface area contributed by atoms with Gasteiger partial charge in [0.25, 0.3) is 0 Å². The molecule has 118 valence electrons. The molecule has 0 aromatic heterocycles. The number of aryl methyl sites for hydroxylation is 2. The average Bonchev–Trinajstić information content (AvgIpc) is 2.53. The van der Waals surface area contributed by atoms with Crippen molar-refractivity contribution in [3.05, 3.63) is 64.7 Å². The van der Waals surface area contributed by atoms with E-state index in [9.17, 15) is 4.91 Å². The SMILES string of the molecule is C=C/C(=C\CC)NN/C(CCCc1ccc(C)cc1)=N/N=O. The maximum atomic E-state index is 10.4. The fourth-order valence-corrected chi connectivity index (χ4v) is 1.95. The van der Waals surface area contributed by atoms with E-state index in [1.807, 2.05) is 13.0 Å². The highest BCUT2D eigenvalue weighted by Crippen LogP contribution is 2.07. The molecule has 1 aromatic carbocycles. The summed E-state index contributed by atoms with van der Waals surface area (Å²) in [5.74, 6) is 0.519. The van der Waals surface area contributed by atoms with E-state index in [1.165, 1.54) is 11.1 Å². The Morgan fingerprint density at radius 2 is 2.00 bits per heavy atom. The van der Waals surface area contributed by atoms with Crippen LogP contribution in [-0.2, 0) is 6.42 Å². The molecule has 0 unspecified atom stereocenters. The zero-order chi connectivity index (χ0) is 16.2. The van der Waals surface area contributed by atoms with Gasteiger partial charge >= 0.3 is 0 Å². The van der Waals surface area contributed by atoms with E-state index in [0.29, 0.717) is 12.3 Å². The van der Waals surface area contributed by atoms with Gasteiger partial charge in [-0.2, -0.15) is 0 Å². The first-order valence-corrected chi connectivity index (χ1v) is 7.49. The third kappa shape index (κ3) is 6.83. The van der Waals surface area contributed by atoms with Crippen LogP contribution in [0.1, 0.15) is 37.3 Å². The summed E-state index contributed by atoms with van der Waals surface area (Å²) in [6.07, 6.45) is 7.03. The Morgan fingerprint density at radius 3 is 2.59 bits per heavy atom. The molecule has 0 amide bonds. The molecule has 0 spiro atoms. The molecule has 1 aromatic rings. The topological polar surface area (TPSA) is 65.8 Å². The molecule has 0 saturated carbocycles. The van der Waals surface area contributed by atoms with Gasteiger partial charge in [0.2, 0.25) is 0 Å². The third-order valence-corrected chi connectivity index (χ3v) is 3.16. The molecule has 0 aliphatic heterocycles. The minimum Gasteiger partial charge on any atom is -0.300 e. The Hall–Kier alpha value is -2.43. The lowest BCUT2D eigenvalue weighted by atomic mass is 10.1. The van der Waals surface area contributed by atoms with Gasteiger partial charge in [0.1, 0.15) is 5.84 Å². The predicted octanol–water partition coefficient (Wildman–Crippen LogP) is 3.97. The third-order valence-electron chi connectivity index (χ3n) is 3.16. The van der Waals surface area contributed by atoms with Gasteiger partial charge in [0.15, 0.2) is 0 Å². The number of hydrogen-bond donors (Lipinski definition) is 2. The first kappa shape index (κ1) is 17.6. The lowest BCUT2D eigenvalue weighted by Gasteiger charge is -2.11. The highest BCUT2D eigenvalue weighted by atomic mass is 16.3. The van der Waals surface area contributed by atoms with Crippen LogP contribution in [0.15, 0.2) is 59.1 Å². The number of nitroso groups, excluding NO2 is 1. The summed E-state index contributed by atoms with van der Waals surface area (Å²) in [6, 6.07) is 8.44. The molecule has 0 aliphatic carbocycles. The molecule has 5 heteroatoms. The second-order valence-corrected chi connectivity index (χ2v) is 4.99. The van der Waals surface area contributed by atoms with Crippen LogP contribution < -0.4 is 10.9 Å². The quantitative estimate of drug-likeness (QED) is 0.238. The number of benzene rings is 1. The molecule has 0 fully saturated rings. The Bertz CT molecular complexity index is 532. The van der Waals surface area contributed by atoms with Crippen LogP contribution in [-0.4, -0.2) is 5.84 Å². The van der Waals surface area contributed by atoms with Gasteiger partial charge < -0.3 is 5.43 Å². The summed E-state index contributed by atoms with van der Waals surface area (Å²) in [5.41, 5.74) is 9.26. The van der Waals surface area contributed by atoms with E-state index in [2.05, 4.69) is 59.0 Å². The summed E-state index contributed by atoms with van der Waals surface area (Å²) in [4.78, 5) is 10.4. The number of amidine groups is 1. The van der Waals surface area contributed by atoms with Gasteiger partial charge in [-0.1, -0.05) is 54.5 Å². The van der Waals surface area contributed by atoms with Gasteiger partial charge in [-0.3, -0.25) is 5.43 Å². The predicted molar refractivity (Wildman–Crippen MR) is 92.2 cm³/mol. The van der Waals surface area contributed by atoms with Crippen LogP contribution >= 0.6 is 0 Å². The lowest BCUT2D eigenvalue weighted by Crippen LogP contribution is -2.36. The van der Waals surface area contributed by atoms with Gasteiger partial charge in [0.05, 0.1) is 5.29 Å². The summed E-state index contributed by atoms with van der Waals surface area (Å²) < 4.78 is 0. The van der Waals surface area contributed by atoms with Gasteiger partial charge in [-0.05, 0) is 37.8 Å². The number of hydrazine groups is 1. The molecule has 0 saturated heterocycles. The van der Waals surface area contributed by atoms with E-state index in [1.54, 1.807) is 6.08 Å². The van der Waals surface area contributed by atoms with Crippen LogP contribution in [0.25, 0.3) is 0 Å². The fraction of sp³-hybridized carbons (Fsp3) is 0.353. The zero-order valence-corrected chi connectivity index (χ0v) is 13.3. The van der Waals surface area contributed by atoms with E-state index in [-0.39, 0.29) is 0 Å². The standard InChI is InChI=1S/C17H24N4O/c1-4-7-16(5-2)18-19-17(20-21-22)9-6-8-15-12-10-14(3)11-13-15/h5,7,10-13,18H,2,4,6,8-9H2,1,3H3,(H,19,20,22)/b16-7+. The van der Waals surface area contributed by atoms with Gasteiger partial charge in [0, 0.05) is 12.1 Å². The highest BCUT2D eigenvalue weighted by Gasteiger charge is 2.01. The fourth-order valence-electron chi connectivity index (χ4n) is 1.95. The molecule has 1 rings (SSSR count). The largest absolute Gasteiger partial charge is 0.300 e. The molecular formula is C17H24N4O. The van der Waals surface area contributed by atoms with Crippen LogP contribution in [0.4, 0.5) is 0 Å². The number of rotatable bonds is 9. The van der Waals surface area contributed by atoms with E-state index >= 15 is 0 Å². The molecule has 5 nitrogen and oxygen atoms in total. The average molecular weight is 300 g/mol. The molecule has 2 N–H and O–H groups in total. The second kappa shape index (κ2) is 10.3. The van der Waals surface area contributed by atoms with E-state index in [0.717, 1.165) is 25.0 Å². The summed E-state index contributed by atoms with van der Waals surface area (Å²) in [6.45, 7) is 7.82. The smallest absolute Gasteiger partial charge is 0.146 e. The molecule has 0 heterocycles. The van der Waals surface area contributed by atoms with Gasteiger partial charge in [-0.25, -0.2) is 0 Å². The van der Waals surface area contributed by atoms with Crippen molar-refractivity contribution in [1.82, 2.24) is 10.9 Å². The molecule has 0 atom stereocenters. The van der Waals surface area contributed by atoms with Crippen molar-refractivity contribution in [2.75, 3.05) is 0 Å². The highest BCUT2D eigenvalue weighted by molar-refractivity contribution is 5.81. The Balaban J connectivity index is 2.46. The Morgan fingerprint density at radius 1 is 1.27 bits per heavy atom. The maximum absolute atomic E-state index is 10.4. The monoisotopic (exact) mass is 300 g/mol. The minimum absolute atomic E-state index is 0.519. The van der Waals surface area contributed by atoms with Crippen LogP contribution in [0.3, 0.4) is 0 Å². The molecule has 0 bridgehead atoms. The van der Waals surface area contributed by atoms with Crippen LogP contribution in [0.2, 0.25) is 0 Å². The second-order valence-electron chi connectivity index (χ2n) is 4.99. The van der Waals surface area contributed by atoms with Crippen LogP contribution in [0.5, 0.6) is 0 Å². The summed E-state index contributed by atoms with van der Waals surface area (Å²) >= 11 is 0. The summed E-state index contributed by atoms with van der Waals surface area (Å²) in [5, 5.41) is 6.20. The first-order chi connectivity index (χ1) is 10.7. The molecule has 0 aliphatic rings. The van der Waals surface area contributed by atoms with Crippen molar-refractivity contribution in [1.29, 1.82) is 0 Å². The van der Waals surface area contributed by atoms with Crippen molar-refractivity contribution >= 4 is 5.84 Å². The number of hydrogen-bond acceptors (Lipinski definition) is 3. The Labute approximate surface area is 132 Å². The zero-order valence-electron chi connectivity index (χ0n) is 13.3. The first-order valence-electron chi connectivity index (χ1n) is 7.49. The molecule has 0 radical (unpaired) electrons. The van der Waals surface area contributed by atoms with Crippen molar-refractivity contribution in [3.63, 3.8) is 0 Å². The lowest BCUT2D eigenvalue weighted by molar-refractivity contribution is 0.737. The van der Waals surface area contributed by atoms with Crippen molar-refractivity contribution in [2.45, 2.75) is 39.5 Å². The number of nitrogens with one attached hydrogen (secondary N) is 2. The van der Waals surface area contributed by atoms with Crippen molar-refractivity contribution in [2.24, 2.45) is 10.4 Å². The Kier molecular flexibility index (Phi) is 8.27. The van der Waals surface area contributed by atoms with E-state index < -0.39 is 0 Å². The maximum Gasteiger partial charge on any atom is 0.146 e.